The zero-order chi connectivity index (χ0) is 23.9. The number of nitrogens with zero attached hydrogens (tertiary/aromatic N) is 4. The molecule has 1 atom stereocenters. The van der Waals surface area contributed by atoms with Crippen LogP contribution in [0.15, 0.2) is 78.1 Å². The van der Waals surface area contributed by atoms with Crippen molar-refractivity contribution in [2.45, 2.75) is 13.0 Å². The normalized spacial score (nSPS) is 16.0. The lowest BCUT2D eigenvalue weighted by molar-refractivity contribution is -0.113. The fourth-order valence-corrected chi connectivity index (χ4v) is 4.18. The van der Waals surface area contributed by atoms with E-state index in [-0.39, 0.29) is 18.5 Å². The molecule has 0 bridgehead atoms. The summed E-state index contributed by atoms with van der Waals surface area (Å²) in [5, 5.41) is 10.7. The second-order valence-electron chi connectivity index (χ2n) is 8.06. The highest BCUT2D eigenvalue weighted by molar-refractivity contribution is 6.05. The number of rotatable bonds is 4. The van der Waals surface area contributed by atoms with E-state index in [0.717, 1.165) is 5.56 Å². The van der Waals surface area contributed by atoms with Gasteiger partial charge >= 0.3 is 0 Å². The summed E-state index contributed by atoms with van der Waals surface area (Å²) >= 11 is 0. The topological polar surface area (TPSA) is 103 Å². The van der Waals surface area contributed by atoms with Crippen LogP contribution in [0.2, 0.25) is 0 Å². The third kappa shape index (κ3) is 3.74. The second-order valence-corrected chi connectivity index (χ2v) is 8.06. The molecule has 6 rings (SSSR count). The van der Waals surface area contributed by atoms with Crippen molar-refractivity contribution >= 4 is 17.7 Å². The van der Waals surface area contributed by atoms with E-state index in [0.29, 0.717) is 45.9 Å². The van der Waals surface area contributed by atoms with Gasteiger partial charge in [0.1, 0.15) is 17.7 Å². The minimum absolute atomic E-state index is 0.135. The van der Waals surface area contributed by atoms with Crippen LogP contribution in [0.4, 0.5) is 16.2 Å². The number of anilines is 2. The fourth-order valence-electron chi connectivity index (χ4n) is 4.18. The molecule has 0 fully saturated rings. The Morgan fingerprint density at radius 2 is 1.94 bits per heavy atom. The number of halogens is 1. The standard InChI is InChI=1S/C25H19FN6O3/c1-14-21(24(33)29-20-4-2-3-11-27-20)22(16-7-10-18-19(12-16)35-13-34-18)32-25(28-14)30-23(31-32)15-5-8-17(26)9-6-15/h2-12,22H,13H2,1H3,(H,27,29,33)(H,28,30,31). The molecular weight excluding hydrogens is 451 g/mol. The molecule has 0 saturated heterocycles. The van der Waals surface area contributed by atoms with Gasteiger partial charge in [0, 0.05) is 17.5 Å². The minimum Gasteiger partial charge on any atom is -0.454 e. The predicted octanol–water partition coefficient (Wildman–Crippen LogP) is 4.14. The largest absolute Gasteiger partial charge is 0.454 e. The number of allylic oxidation sites excluding steroid dienone is 1. The van der Waals surface area contributed by atoms with Gasteiger partial charge in [-0.05, 0) is 61.0 Å². The molecule has 0 saturated carbocycles. The van der Waals surface area contributed by atoms with Crippen LogP contribution >= 0.6 is 0 Å². The van der Waals surface area contributed by atoms with E-state index < -0.39 is 6.04 Å². The molecule has 2 aliphatic heterocycles. The van der Waals surface area contributed by atoms with Gasteiger partial charge in [0.2, 0.25) is 12.7 Å². The lowest BCUT2D eigenvalue weighted by atomic mass is 9.94. The number of hydrogen-bond acceptors (Lipinski definition) is 7. The van der Waals surface area contributed by atoms with Crippen molar-refractivity contribution in [3.05, 3.63) is 89.5 Å². The number of hydrogen-bond donors (Lipinski definition) is 2. The van der Waals surface area contributed by atoms with Crippen molar-refractivity contribution in [3.63, 3.8) is 0 Å². The summed E-state index contributed by atoms with van der Waals surface area (Å²) in [4.78, 5) is 22.3. The Labute approximate surface area is 199 Å². The lowest BCUT2D eigenvalue weighted by Gasteiger charge is -2.28. The first kappa shape index (κ1) is 20.8. The molecule has 2 aliphatic rings. The summed E-state index contributed by atoms with van der Waals surface area (Å²) in [6, 6.07) is 16.1. The Bertz CT molecular complexity index is 1470. The number of fused-ring (bicyclic) bond motifs is 2. The number of pyridine rings is 1. The highest BCUT2D eigenvalue weighted by Gasteiger charge is 2.35. The van der Waals surface area contributed by atoms with Gasteiger partial charge in [-0.25, -0.2) is 14.1 Å². The van der Waals surface area contributed by atoms with Crippen LogP contribution in [-0.4, -0.2) is 32.4 Å². The monoisotopic (exact) mass is 470 g/mol. The molecule has 2 aromatic carbocycles. The molecule has 1 unspecified atom stereocenters. The Hall–Kier alpha value is -4.73. The number of nitrogens with one attached hydrogen (secondary N) is 2. The van der Waals surface area contributed by atoms with Gasteiger partial charge in [0.05, 0.1) is 5.57 Å². The van der Waals surface area contributed by atoms with E-state index in [1.165, 1.54) is 12.1 Å². The number of amides is 1. The smallest absolute Gasteiger partial charge is 0.257 e. The van der Waals surface area contributed by atoms with E-state index >= 15 is 0 Å². The molecule has 0 aliphatic carbocycles. The number of carbonyl (C=O) groups is 1. The van der Waals surface area contributed by atoms with Gasteiger partial charge in [0.15, 0.2) is 17.3 Å². The Kier molecular flexibility index (Phi) is 4.91. The summed E-state index contributed by atoms with van der Waals surface area (Å²) < 4.78 is 26.1. The molecule has 0 radical (unpaired) electrons. The van der Waals surface area contributed by atoms with E-state index in [1.807, 2.05) is 19.1 Å². The van der Waals surface area contributed by atoms with Gasteiger partial charge in [-0.15, -0.1) is 5.10 Å². The molecule has 0 spiro atoms. The molecule has 2 N–H and O–H groups in total. The summed E-state index contributed by atoms with van der Waals surface area (Å²) in [5.74, 6) is 1.83. The van der Waals surface area contributed by atoms with Crippen LogP contribution in [0.1, 0.15) is 18.5 Å². The Balaban J connectivity index is 1.46. The number of benzene rings is 2. The average molecular weight is 470 g/mol. The second kappa shape index (κ2) is 8.24. The first-order chi connectivity index (χ1) is 17.1. The quantitative estimate of drug-likeness (QED) is 0.462. The number of aromatic nitrogens is 4. The van der Waals surface area contributed by atoms with Crippen molar-refractivity contribution < 1.29 is 18.7 Å². The van der Waals surface area contributed by atoms with Crippen LogP contribution < -0.4 is 20.1 Å². The van der Waals surface area contributed by atoms with E-state index in [4.69, 9.17) is 14.6 Å². The van der Waals surface area contributed by atoms with Crippen molar-refractivity contribution in [1.29, 1.82) is 0 Å². The first-order valence-corrected chi connectivity index (χ1v) is 10.9. The van der Waals surface area contributed by atoms with Crippen LogP contribution in [0.5, 0.6) is 11.5 Å². The highest BCUT2D eigenvalue weighted by Crippen LogP contribution is 2.41. The van der Waals surface area contributed by atoms with Crippen molar-refractivity contribution in [2.75, 3.05) is 17.4 Å². The highest BCUT2D eigenvalue weighted by atomic mass is 19.1. The SMILES string of the molecule is CC1=C(C(=O)Nc2ccccn2)C(c2ccc3c(c2)OCO3)n2nc(-c3ccc(F)cc3)nc2N1. The molecule has 4 heterocycles. The summed E-state index contributed by atoms with van der Waals surface area (Å²) in [7, 11) is 0. The van der Waals surface area contributed by atoms with Crippen molar-refractivity contribution in [1.82, 2.24) is 19.7 Å². The fraction of sp³-hybridized carbons (Fsp3) is 0.120. The van der Waals surface area contributed by atoms with E-state index in [9.17, 15) is 9.18 Å². The Morgan fingerprint density at radius 1 is 1.11 bits per heavy atom. The van der Waals surface area contributed by atoms with Gasteiger partial charge in [-0.1, -0.05) is 12.1 Å². The minimum atomic E-state index is -0.619. The van der Waals surface area contributed by atoms with Crippen LogP contribution in [-0.2, 0) is 4.79 Å². The third-order valence-corrected chi connectivity index (χ3v) is 5.82. The van der Waals surface area contributed by atoms with Crippen LogP contribution in [0.3, 0.4) is 0 Å². The summed E-state index contributed by atoms with van der Waals surface area (Å²) in [5.41, 5.74) is 2.47. The zero-order valence-electron chi connectivity index (χ0n) is 18.5. The van der Waals surface area contributed by atoms with Gasteiger partial charge in [-0.3, -0.25) is 4.79 Å². The maximum atomic E-state index is 13.5. The van der Waals surface area contributed by atoms with Crippen molar-refractivity contribution in [2.24, 2.45) is 0 Å². The maximum Gasteiger partial charge on any atom is 0.257 e. The first-order valence-electron chi connectivity index (χ1n) is 10.9. The molecular formula is C25H19FN6O3. The molecule has 9 nitrogen and oxygen atoms in total. The third-order valence-electron chi connectivity index (χ3n) is 5.82. The van der Waals surface area contributed by atoms with E-state index in [1.54, 1.807) is 47.3 Å². The Morgan fingerprint density at radius 3 is 2.74 bits per heavy atom. The summed E-state index contributed by atoms with van der Waals surface area (Å²) in [6.07, 6.45) is 1.61. The van der Waals surface area contributed by atoms with E-state index in [2.05, 4.69) is 20.6 Å². The van der Waals surface area contributed by atoms with Crippen molar-refractivity contribution in [3.8, 4) is 22.9 Å². The average Bonchev–Trinajstić information content (AvgIpc) is 3.50. The van der Waals surface area contributed by atoms with Gasteiger partial charge in [-0.2, -0.15) is 4.98 Å². The molecule has 4 aromatic rings. The van der Waals surface area contributed by atoms with Crippen LogP contribution in [0.25, 0.3) is 11.4 Å². The molecule has 10 heteroatoms. The van der Waals surface area contributed by atoms with Gasteiger partial charge in [0.25, 0.3) is 5.91 Å². The summed E-state index contributed by atoms with van der Waals surface area (Å²) in [6.45, 7) is 1.94. The lowest BCUT2D eigenvalue weighted by Crippen LogP contribution is -2.31. The van der Waals surface area contributed by atoms with Crippen LogP contribution in [0, 0.1) is 5.82 Å². The predicted molar refractivity (Wildman–Crippen MR) is 125 cm³/mol. The molecule has 2 aromatic heterocycles. The molecule has 174 valence electrons. The van der Waals surface area contributed by atoms with Gasteiger partial charge < -0.3 is 20.1 Å². The maximum absolute atomic E-state index is 13.5. The molecule has 35 heavy (non-hydrogen) atoms. The zero-order valence-corrected chi connectivity index (χ0v) is 18.5. The molecule has 1 amide bonds. The number of carbonyl (C=O) groups excluding carboxylic acids is 1. The number of ether oxygens (including phenoxy) is 2.